The number of rotatable bonds is 0. The molecule has 66 valence electrons. The van der Waals surface area contributed by atoms with Crippen molar-refractivity contribution in [1.29, 1.82) is 0 Å². The Hall–Kier alpha value is -0.300. The highest BCUT2D eigenvalue weighted by Gasteiger charge is 2.10. The minimum Gasteiger partial charge on any atom is -0.300 e. The van der Waals surface area contributed by atoms with E-state index in [1.165, 1.54) is 13.0 Å². The van der Waals surface area contributed by atoms with Gasteiger partial charge in [-0.05, 0) is 27.3 Å². The molecule has 0 saturated carbocycles. The van der Waals surface area contributed by atoms with E-state index in [0.29, 0.717) is 6.04 Å². The Morgan fingerprint density at radius 2 is 2.00 bits per heavy atom. The fourth-order valence-electron chi connectivity index (χ4n) is 1.18. The predicted octanol–water partition coefficient (Wildman–Crippen LogP) is 2.68. The largest absolute Gasteiger partial charge is 0.300 e. The molecular weight excluding hydrogens is 134 g/mol. The molecule has 1 heteroatoms. The molecule has 1 heterocycles. The Morgan fingerprint density at radius 1 is 1.45 bits per heavy atom. The van der Waals surface area contributed by atoms with Crippen LogP contribution < -0.4 is 0 Å². The van der Waals surface area contributed by atoms with E-state index < -0.39 is 0 Å². The molecule has 0 unspecified atom stereocenters. The molecule has 1 aliphatic heterocycles. The van der Waals surface area contributed by atoms with Gasteiger partial charge in [0.05, 0.1) is 0 Å². The Bertz CT molecular complexity index is 127. The van der Waals surface area contributed by atoms with Gasteiger partial charge in [0.15, 0.2) is 0 Å². The fourth-order valence-corrected chi connectivity index (χ4v) is 1.18. The summed E-state index contributed by atoms with van der Waals surface area (Å²) in [5.74, 6) is 0. The zero-order valence-corrected chi connectivity index (χ0v) is 8.52. The SMILES string of the molecule is CC.CC1=C[C@@H](C)N(C)CC1. The lowest BCUT2D eigenvalue weighted by atomic mass is 10.1. The van der Waals surface area contributed by atoms with Gasteiger partial charge >= 0.3 is 0 Å². The Balaban J connectivity index is 0.000000461. The molecule has 0 N–H and O–H groups in total. The van der Waals surface area contributed by atoms with Crippen LogP contribution in [0.5, 0.6) is 0 Å². The summed E-state index contributed by atoms with van der Waals surface area (Å²) in [7, 11) is 2.17. The molecular formula is C10H21N. The lowest BCUT2D eigenvalue weighted by molar-refractivity contribution is 0.285. The van der Waals surface area contributed by atoms with Gasteiger partial charge in [-0.3, -0.25) is 4.90 Å². The summed E-state index contributed by atoms with van der Waals surface area (Å²) in [4.78, 5) is 2.37. The van der Waals surface area contributed by atoms with Crippen LogP contribution >= 0.6 is 0 Å². The Labute approximate surface area is 71.1 Å². The molecule has 0 aromatic carbocycles. The van der Waals surface area contributed by atoms with Crippen LogP contribution in [0.15, 0.2) is 11.6 Å². The minimum absolute atomic E-state index is 0.652. The smallest absolute Gasteiger partial charge is 0.0249 e. The van der Waals surface area contributed by atoms with Crippen LogP contribution in [-0.4, -0.2) is 24.5 Å². The Morgan fingerprint density at radius 3 is 2.36 bits per heavy atom. The van der Waals surface area contributed by atoms with E-state index >= 15 is 0 Å². The number of hydrogen-bond acceptors (Lipinski definition) is 1. The van der Waals surface area contributed by atoms with Crippen LogP contribution in [0.2, 0.25) is 0 Å². The summed E-state index contributed by atoms with van der Waals surface area (Å²) >= 11 is 0. The van der Waals surface area contributed by atoms with Crippen molar-refractivity contribution < 1.29 is 0 Å². The minimum atomic E-state index is 0.652. The topological polar surface area (TPSA) is 3.24 Å². The molecule has 1 aliphatic rings. The van der Waals surface area contributed by atoms with Gasteiger partial charge in [0, 0.05) is 12.6 Å². The monoisotopic (exact) mass is 155 g/mol. The quantitative estimate of drug-likeness (QED) is 0.486. The van der Waals surface area contributed by atoms with Gasteiger partial charge in [-0.15, -0.1) is 0 Å². The van der Waals surface area contributed by atoms with Gasteiger partial charge in [-0.2, -0.15) is 0 Å². The van der Waals surface area contributed by atoms with Crippen molar-refractivity contribution in [2.75, 3.05) is 13.6 Å². The molecule has 0 saturated heterocycles. The zero-order chi connectivity index (χ0) is 8.85. The normalized spacial score (nSPS) is 25.2. The van der Waals surface area contributed by atoms with E-state index in [1.807, 2.05) is 13.8 Å². The summed E-state index contributed by atoms with van der Waals surface area (Å²) in [5.41, 5.74) is 1.54. The second-order valence-electron chi connectivity index (χ2n) is 2.98. The van der Waals surface area contributed by atoms with Crippen LogP contribution in [0.1, 0.15) is 34.1 Å². The lowest BCUT2D eigenvalue weighted by Crippen LogP contribution is -2.31. The van der Waals surface area contributed by atoms with E-state index in [0.717, 1.165) is 0 Å². The van der Waals surface area contributed by atoms with Crippen molar-refractivity contribution in [2.24, 2.45) is 0 Å². The van der Waals surface area contributed by atoms with Gasteiger partial charge in [-0.1, -0.05) is 25.5 Å². The highest BCUT2D eigenvalue weighted by atomic mass is 15.1. The van der Waals surface area contributed by atoms with Gasteiger partial charge < -0.3 is 0 Å². The van der Waals surface area contributed by atoms with Gasteiger partial charge in [-0.25, -0.2) is 0 Å². The van der Waals surface area contributed by atoms with Crippen molar-refractivity contribution in [3.63, 3.8) is 0 Å². The van der Waals surface area contributed by atoms with Gasteiger partial charge in [0.25, 0.3) is 0 Å². The summed E-state index contributed by atoms with van der Waals surface area (Å²) in [6.45, 7) is 9.68. The number of hydrogen-bond donors (Lipinski definition) is 0. The van der Waals surface area contributed by atoms with Crippen LogP contribution in [-0.2, 0) is 0 Å². The first-order chi connectivity index (χ1) is 5.20. The molecule has 0 aromatic rings. The van der Waals surface area contributed by atoms with Crippen molar-refractivity contribution in [2.45, 2.75) is 40.2 Å². The van der Waals surface area contributed by atoms with E-state index in [-0.39, 0.29) is 0 Å². The van der Waals surface area contributed by atoms with Crippen molar-refractivity contribution >= 4 is 0 Å². The molecule has 0 aliphatic carbocycles. The third-order valence-corrected chi connectivity index (χ3v) is 2.08. The molecule has 0 bridgehead atoms. The van der Waals surface area contributed by atoms with Crippen molar-refractivity contribution in [3.8, 4) is 0 Å². The first-order valence-electron chi connectivity index (χ1n) is 4.57. The van der Waals surface area contributed by atoms with E-state index in [9.17, 15) is 0 Å². The van der Waals surface area contributed by atoms with Crippen LogP contribution in [0.4, 0.5) is 0 Å². The summed E-state index contributed by atoms with van der Waals surface area (Å²) in [6.07, 6.45) is 3.59. The first kappa shape index (κ1) is 10.7. The summed E-state index contributed by atoms with van der Waals surface area (Å²) in [5, 5.41) is 0. The molecule has 0 spiro atoms. The predicted molar refractivity (Wildman–Crippen MR) is 51.8 cm³/mol. The average molecular weight is 155 g/mol. The highest BCUT2D eigenvalue weighted by molar-refractivity contribution is 5.07. The summed E-state index contributed by atoms with van der Waals surface area (Å²) in [6, 6.07) is 0.652. The number of nitrogens with zero attached hydrogens (tertiary/aromatic N) is 1. The van der Waals surface area contributed by atoms with Gasteiger partial charge in [0.1, 0.15) is 0 Å². The molecule has 0 radical (unpaired) electrons. The lowest BCUT2D eigenvalue weighted by Gasteiger charge is -2.27. The zero-order valence-electron chi connectivity index (χ0n) is 8.52. The standard InChI is InChI=1S/C8H15N.C2H6/c1-7-4-5-9(3)8(2)6-7;1-2/h6,8H,4-5H2,1-3H3;1-2H3/t8-;/m1./s1. The molecule has 1 rings (SSSR count). The van der Waals surface area contributed by atoms with E-state index in [4.69, 9.17) is 0 Å². The summed E-state index contributed by atoms with van der Waals surface area (Å²) < 4.78 is 0. The van der Waals surface area contributed by atoms with Crippen LogP contribution in [0.3, 0.4) is 0 Å². The molecule has 1 nitrogen and oxygen atoms in total. The molecule has 0 aromatic heterocycles. The third-order valence-electron chi connectivity index (χ3n) is 2.08. The van der Waals surface area contributed by atoms with E-state index in [2.05, 4.69) is 31.9 Å². The Kier molecular flexibility index (Phi) is 5.22. The highest BCUT2D eigenvalue weighted by Crippen LogP contribution is 2.12. The second kappa shape index (κ2) is 5.36. The maximum absolute atomic E-state index is 2.37. The maximum Gasteiger partial charge on any atom is 0.0249 e. The molecule has 1 atom stereocenters. The fraction of sp³-hybridized carbons (Fsp3) is 0.800. The first-order valence-corrected chi connectivity index (χ1v) is 4.57. The van der Waals surface area contributed by atoms with Crippen LogP contribution in [0.25, 0.3) is 0 Å². The molecule has 0 amide bonds. The van der Waals surface area contributed by atoms with Crippen LogP contribution in [0, 0.1) is 0 Å². The van der Waals surface area contributed by atoms with E-state index in [1.54, 1.807) is 5.57 Å². The number of likely N-dealkylation sites (N-methyl/N-ethyl adjacent to an activating group) is 1. The van der Waals surface area contributed by atoms with Gasteiger partial charge in [0.2, 0.25) is 0 Å². The van der Waals surface area contributed by atoms with Crippen molar-refractivity contribution in [1.82, 2.24) is 4.90 Å². The average Bonchev–Trinajstić information content (AvgIpc) is 2.02. The molecule has 11 heavy (non-hydrogen) atoms. The second-order valence-corrected chi connectivity index (χ2v) is 2.98. The van der Waals surface area contributed by atoms with Crippen molar-refractivity contribution in [3.05, 3.63) is 11.6 Å². The third kappa shape index (κ3) is 3.57. The maximum atomic E-state index is 2.37. The molecule has 0 fully saturated rings.